The summed E-state index contributed by atoms with van der Waals surface area (Å²) in [6.45, 7) is 13.5. The predicted molar refractivity (Wildman–Crippen MR) is 114 cm³/mol. The Morgan fingerprint density at radius 1 is 0.846 bits per heavy atom. The minimum atomic E-state index is -0.826. The van der Waals surface area contributed by atoms with Crippen LogP contribution < -0.4 is 0 Å². The van der Waals surface area contributed by atoms with Crippen LogP contribution >= 0.6 is 17.0 Å². The summed E-state index contributed by atoms with van der Waals surface area (Å²) in [4.78, 5) is 0. The fraction of sp³-hybridized carbons (Fsp3) is 0.348. The number of halogens is 2. The standard InChI is InChI=1S/C23H27.2ClH.Zr/c1-14(2)19-12-18-7-8-21(15(3)4)23(22(18)13-19)20-10-16(5)9-17(6)11-20;;;/h7-15H,1-6H3;2*1H;/q-1;;;+2/p-2. The van der Waals surface area contributed by atoms with Crippen molar-refractivity contribution in [1.29, 1.82) is 0 Å². The van der Waals surface area contributed by atoms with Gasteiger partial charge in [-0.05, 0) is 31.2 Å². The van der Waals surface area contributed by atoms with E-state index in [0.29, 0.717) is 11.8 Å². The van der Waals surface area contributed by atoms with Crippen LogP contribution in [0.4, 0.5) is 0 Å². The van der Waals surface area contributed by atoms with E-state index in [2.05, 4.69) is 84.0 Å². The van der Waals surface area contributed by atoms with Gasteiger partial charge in [-0.3, -0.25) is 0 Å². The number of hydrogen-bond acceptors (Lipinski definition) is 0. The van der Waals surface area contributed by atoms with E-state index in [-0.39, 0.29) is 0 Å². The summed E-state index contributed by atoms with van der Waals surface area (Å²) in [5.74, 6) is 1.09. The zero-order valence-electron chi connectivity index (χ0n) is 16.5. The van der Waals surface area contributed by atoms with E-state index < -0.39 is 20.8 Å². The first kappa shape index (κ1) is 21.8. The van der Waals surface area contributed by atoms with Gasteiger partial charge < -0.3 is 0 Å². The van der Waals surface area contributed by atoms with E-state index in [1.807, 2.05) is 0 Å². The van der Waals surface area contributed by atoms with Crippen LogP contribution in [0.2, 0.25) is 0 Å². The molecule has 138 valence electrons. The topological polar surface area (TPSA) is 0 Å². The second-order valence-electron chi connectivity index (χ2n) is 7.58. The molecule has 3 aromatic rings. The SMILES string of the molecule is Cc1cc(C)cc(-c2c(C(C)C)ccc3[cH-]c(C(C)C)cc23)c1.[Cl][Zr][Cl]. The Bertz CT molecular complexity index is 855. The normalized spacial score (nSPS) is 11.0. The molecule has 0 unspecified atom stereocenters. The molecule has 0 saturated carbocycles. The molecule has 3 aromatic carbocycles. The van der Waals surface area contributed by atoms with E-state index in [1.165, 1.54) is 44.2 Å². The van der Waals surface area contributed by atoms with E-state index >= 15 is 0 Å². The van der Waals surface area contributed by atoms with Crippen molar-refractivity contribution >= 4 is 27.8 Å². The van der Waals surface area contributed by atoms with Crippen LogP contribution in [0.15, 0.2) is 42.5 Å². The fourth-order valence-corrected chi connectivity index (χ4v) is 3.58. The molecule has 0 amide bonds. The molecule has 0 spiro atoms. The van der Waals surface area contributed by atoms with E-state index in [9.17, 15) is 0 Å². The number of benzene rings is 2. The van der Waals surface area contributed by atoms with E-state index in [0.717, 1.165) is 0 Å². The van der Waals surface area contributed by atoms with Crippen molar-refractivity contribution in [3.8, 4) is 11.1 Å². The van der Waals surface area contributed by atoms with Gasteiger partial charge in [-0.2, -0.15) is 6.07 Å². The summed E-state index contributed by atoms with van der Waals surface area (Å²) in [6.07, 6.45) is 0. The summed E-state index contributed by atoms with van der Waals surface area (Å²) in [7, 11) is 9.87. The zero-order valence-corrected chi connectivity index (χ0v) is 20.4. The van der Waals surface area contributed by atoms with Gasteiger partial charge >= 0.3 is 37.9 Å². The molecule has 26 heavy (non-hydrogen) atoms. The van der Waals surface area contributed by atoms with Crippen LogP contribution in [0.1, 0.15) is 61.8 Å². The summed E-state index contributed by atoms with van der Waals surface area (Å²) in [6, 6.07) is 16.3. The Hall–Kier alpha value is -0.487. The number of rotatable bonds is 3. The van der Waals surface area contributed by atoms with Crippen LogP contribution in [-0.4, -0.2) is 0 Å². The molecular weight excluding hydrogens is 438 g/mol. The molecule has 0 saturated heterocycles. The van der Waals surface area contributed by atoms with Gasteiger partial charge in [-0.25, -0.2) is 0 Å². The van der Waals surface area contributed by atoms with Gasteiger partial charge in [-0.15, -0.1) is 34.5 Å². The second kappa shape index (κ2) is 9.63. The summed E-state index contributed by atoms with van der Waals surface area (Å²) >= 11 is -0.826. The Balaban J connectivity index is 0.000000758. The van der Waals surface area contributed by atoms with E-state index in [4.69, 9.17) is 17.0 Å². The Labute approximate surface area is 176 Å². The van der Waals surface area contributed by atoms with Crippen molar-refractivity contribution in [2.24, 2.45) is 0 Å². The van der Waals surface area contributed by atoms with Crippen LogP contribution in [0, 0.1) is 13.8 Å². The zero-order chi connectivity index (χ0) is 19.4. The van der Waals surface area contributed by atoms with Crippen molar-refractivity contribution in [1.82, 2.24) is 0 Å². The summed E-state index contributed by atoms with van der Waals surface area (Å²) < 4.78 is 0. The predicted octanol–water partition coefficient (Wildman–Crippen LogP) is 8.47. The van der Waals surface area contributed by atoms with Gasteiger partial charge in [-0.1, -0.05) is 68.1 Å². The molecule has 0 aliphatic heterocycles. The van der Waals surface area contributed by atoms with E-state index in [1.54, 1.807) is 0 Å². The average molecular weight is 466 g/mol. The molecule has 0 fully saturated rings. The third kappa shape index (κ3) is 5.06. The monoisotopic (exact) mass is 463 g/mol. The van der Waals surface area contributed by atoms with Gasteiger partial charge in [0.05, 0.1) is 0 Å². The number of fused-ring (bicyclic) bond motifs is 1. The first-order valence-electron chi connectivity index (χ1n) is 9.06. The molecule has 0 aliphatic rings. The van der Waals surface area contributed by atoms with Gasteiger partial charge in [0.2, 0.25) is 0 Å². The molecule has 0 N–H and O–H groups in total. The van der Waals surface area contributed by atoms with Gasteiger partial charge in [0.15, 0.2) is 0 Å². The van der Waals surface area contributed by atoms with Crippen molar-refractivity contribution in [3.05, 3.63) is 64.7 Å². The average Bonchev–Trinajstić information content (AvgIpc) is 2.97. The third-order valence-corrected chi connectivity index (χ3v) is 4.74. The first-order valence-corrected chi connectivity index (χ1v) is 15.4. The maximum atomic E-state index is 4.93. The van der Waals surface area contributed by atoms with Gasteiger partial charge in [0.1, 0.15) is 0 Å². The first-order chi connectivity index (χ1) is 12.3. The third-order valence-electron chi connectivity index (χ3n) is 4.74. The van der Waals surface area contributed by atoms with Crippen LogP contribution in [-0.2, 0) is 20.8 Å². The molecule has 3 heteroatoms. The summed E-state index contributed by atoms with van der Waals surface area (Å²) in [5.41, 5.74) is 8.34. The molecule has 0 aromatic heterocycles. The summed E-state index contributed by atoms with van der Waals surface area (Å²) in [5, 5.41) is 2.78. The molecule has 0 nitrogen and oxygen atoms in total. The fourth-order valence-electron chi connectivity index (χ4n) is 3.58. The molecule has 0 bridgehead atoms. The van der Waals surface area contributed by atoms with Crippen LogP contribution in [0.25, 0.3) is 21.9 Å². The molecule has 0 atom stereocenters. The van der Waals surface area contributed by atoms with Crippen molar-refractivity contribution < 1.29 is 20.8 Å². The van der Waals surface area contributed by atoms with Gasteiger partial charge in [0, 0.05) is 0 Å². The molecular formula is C23H27Cl2Zr-. The quantitative estimate of drug-likeness (QED) is 0.340. The minimum absolute atomic E-state index is 0.521. The van der Waals surface area contributed by atoms with Crippen LogP contribution in [0.5, 0.6) is 0 Å². The van der Waals surface area contributed by atoms with Gasteiger partial charge in [0.25, 0.3) is 0 Å². The Morgan fingerprint density at radius 2 is 1.42 bits per heavy atom. The van der Waals surface area contributed by atoms with Crippen LogP contribution in [0.3, 0.4) is 0 Å². The van der Waals surface area contributed by atoms with Crippen molar-refractivity contribution in [3.63, 3.8) is 0 Å². The molecule has 0 aliphatic carbocycles. The Kier molecular flexibility index (Phi) is 8.08. The van der Waals surface area contributed by atoms with Crippen molar-refractivity contribution in [2.75, 3.05) is 0 Å². The van der Waals surface area contributed by atoms with Crippen molar-refractivity contribution in [2.45, 2.75) is 53.4 Å². The molecule has 0 radical (unpaired) electrons. The molecule has 3 rings (SSSR count). The Morgan fingerprint density at radius 3 is 1.92 bits per heavy atom. The number of aryl methyl sites for hydroxylation is 2. The second-order valence-corrected chi connectivity index (χ2v) is 11.3. The number of hydrogen-bond donors (Lipinski definition) is 0. The molecule has 0 heterocycles. The maximum absolute atomic E-state index is 4.93.